The minimum Gasteiger partial charge on any atom is -0.0616 e. The third-order valence-electron chi connectivity index (χ3n) is 8.22. The summed E-state index contributed by atoms with van der Waals surface area (Å²) in [5.41, 5.74) is 7.47. The molecule has 0 radical (unpaired) electrons. The van der Waals surface area contributed by atoms with Crippen LogP contribution < -0.4 is 0 Å². The highest BCUT2D eigenvalue weighted by molar-refractivity contribution is 6.20. The van der Waals surface area contributed by atoms with Gasteiger partial charge in [0, 0.05) is 0 Å². The SMILES string of the molecule is c1cc(-c2ccc(-c3c4ccccc4cc4c3ccc3ccccc34)cc2)cc(-c2ccc3ccccc3c2)c1. The second-order valence-electron chi connectivity index (χ2n) is 10.6. The molecule has 0 heterocycles. The van der Waals surface area contributed by atoms with E-state index in [1.54, 1.807) is 0 Å². The first kappa shape index (κ1) is 22.8. The van der Waals surface area contributed by atoms with Crippen LogP contribution in [0, 0.1) is 0 Å². The largest absolute Gasteiger partial charge is 0.0616 e. The minimum atomic E-state index is 1.22. The Labute approximate surface area is 233 Å². The minimum absolute atomic E-state index is 1.22. The Bertz CT molecular complexity index is 2200. The molecule has 0 saturated carbocycles. The molecular formula is C40H26. The van der Waals surface area contributed by atoms with E-state index in [9.17, 15) is 0 Å². The van der Waals surface area contributed by atoms with Gasteiger partial charge in [-0.15, -0.1) is 0 Å². The molecule has 0 amide bonds. The molecule has 0 aliphatic rings. The van der Waals surface area contributed by atoms with Gasteiger partial charge in [0.2, 0.25) is 0 Å². The summed E-state index contributed by atoms with van der Waals surface area (Å²) in [7, 11) is 0. The van der Waals surface area contributed by atoms with E-state index in [4.69, 9.17) is 0 Å². The number of rotatable bonds is 3. The molecule has 0 atom stereocenters. The van der Waals surface area contributed by atoms with E-state index < -0.39 is 0 Å². The van der Waals surface area contributed by atoms with Crippen LogP contribution in [0.1, 0.15) is 0 Å². The van der Waals surface area contributed by atoms with Crippen molar-refractivity contribution in [1.29, 1.82) is 0 Å². The van der Waals surface area contributed by atoms with Crippen molar-refractivity contribution < 1.29 is 0 Å². The molecule has 0 nitrogen and oxygen atoms in total. The molecule has 0 unspecified atom stereocenters. The van der Waals surface area contributed by atoms with Gasteiger partial charge in [-0.3, -0.25) is 0 Å². The molecule has 0 N–H and O–H groups in total. The number of benzene rings is 8. The Kier molecular flexibility index (Phi) is 5.24. The van der Waals surface area contributed by atoms with Crippen molar-refractivity contribution in [2.45, 2.75) is 0 Å². The van der Waals surface area contributed by atoms with Gasteiger partial charge in [-0.25, -0.2) is 0 Å². The van der Waals surface area contributed by atoms with Crippen LogP contribution in [0.4, 0.5) is 0 Å². The number of hydrogen-bond acceptors (Lipinski definition) is 0. The molecule has 0 fully saturated rings. The van der Waals surface area contributed by atoms with E-state index in [0.29, 0.717) is 0 Å². The van der Waals surface area contributed by atoms with E-state index in [0.717, 1.165) is 0 Å². The van der Waals surface area contributed by atoms with E-state index in [1.165, 1.54) is 76.5 Å². The van der Waals surface area contributed by atoms with E-state index in [2.05, 4.69) is 158 Å². The average molecular weight is 507 g/mol. The smallest absolute Gasteiger partial charge is 0.00266 e. The van der Waals surface area contributed by atoms with Crippen LogP contribution >= 0.6 is 0 Å². The summed E-state index contributed by atoms with van der Waals surface area (Å²) in [5, 5.41) is 10.3. The van der Waals surface area contributed by atoms with Crippen LogP contribution in [0.5, 0.6) is 0 Å². The van der Waals surface area contributed by atoms with Gasteiger partial charge < -0.3 is 0 Å². The van der Waals surface area contributed by atoms with Crippen LogP contribution in [-0.4, -0.2) is 0 Å². The predicted octanol–water partition coefficient (Wildman–Crippen LogP) is 11.3. The lowest BCUT2D eigenvalue weighted by atomic mass is 9.89. The van der Waals surface area contributed by atoms with Gasteiger partial charge in [-0.1, -0.05) is 140 Å². The molecule has 8 aromatic rings. The van der Waals surface area contributed by atoms with Gasteiger partial charge in [-0.05, 0) is 94.7 Å². The van der Waals surface area contributed by atoms with E-state index in [-0.39, 0.29) is 0 Å². The van der Waals surface area contributed by atoms with Gasteiger partial charge in [-0.2, -0.15) is 0 Å². The van der Waals surface area contributed by atoms with Gasteiger partial charge in [0.05, 0.1) is 0 Å². The van der Waals surface area contributed by atoms with E-state index >= 15 is 0 Å². The second kappa shape index (κ2) is 9.22. The van der Waals surface area contributed by atoms with Crippen LogP contribution in [-0.2, 0) is 0 Å². The van der Waals surface area contributed by atoms with Crippen LogP contribution in [0.2, 0.25) is 0 Å². The zero-order chi connectivity index (χ0) is 26.5. The third kappa shape index (κ3) is 3.77. The topological polar surface area (TPSA) is 0 Å². The summed E-state index contributed by atoms with van der Waals surface area (Å²) in [6.45, 7) is 0. The third-order valence-corrected chi connectivity index (χ3v) is 8.22. The highest BCUT2D eigenvalue weighted by Gasteiger charge is 2.12. The zero-order valence-corrected chi connectivity index (χ0v) is 22.0. The van der Waals surface area contributed by atoms with Gasteiger partial charge in [0.15, 0.2) is 0 Å². The van der Waals surface area contributed by atoms with Crippen molar-refractivity contribution in [3.63, 3.8) is 0 Å². The number of hydrogen-bond donors (Lipinski definition) is 0. The molecule has 0 spiro atoms. The molecule has 186 valence electrons. The maximum atomic E-state index is 2.35. The summed E-state index contributed by atoms with van der Waals surface area (Å²) in [6.07, 6.45) is 0. The summed E-state index contributed by atoms with van der Waals surface area (Å²) >= 11 is 0. The molecule has 8 rings (SSSR count). The quantitative estimate of drug-likeness (QED) is 0.165. The molecule has 0 aromatic heterocycles. The summed E-state index contributed by atoms with van der Waals surface area (Å²) in [6, 6.07) is 57.6. The van der Waals surface area contributed by atoms with Crippen molar-refractivity contribution in [3.05, 3.63) is 158 Å². The van der Waals surface area contributed by atoms with Crippen molar-refractivity contribution in [2.75, 3.05) is 0 Å². The maximum Gasteiger partial charge on any atom is -0.00266 e. The summed E-state index contributed by atoms with van der Waals surface area (Å²) in [4.78, 5) is 0. The Morgan fingerprint density at radius 1 is 0.225 bits per heavy atom. The fourth-order valence-corrected chi connectivity index (χ4v) is 6.21. The second-order valence-corrected chi connectivity index (χ2v) is 10.6. The Hall–Kier alpha value is -5.20. The van der Waals surface area contributed by atoms with Crippen LogP contribution in [0.3, 0.4) is 0 Å². The zero-order valence-electron chi connectivity index (χ0n) is 22.0. The van der Waals surface area contributed by atoms with Gasteiger partial charge in [0.1, 0.15) is 0 Å². The molecular weight excluding hydrogens is 480 g/mol. The summed E-state index contributed by atoms with van der Waals surface area (Å²) in [5.74, 6) is 0. The molecule has 40 heavy (non-hydrogen) atoms. The van der Waals surface area contributed by atoms with E-state index in [1.807, 2.05) is 0 Å². The monoisotopic (exact) mass is 506 g/mol. The Morgan fingerprint density at radius 2 is 0.800 bits per heavy atom. The van der Waals surface area contributed by atoms with Crippen molar-refractivity contribution in [1.82, 2.24) is 0 Å². The lowest BCUT2D eigenvalue weighted by molar-refractivity contribution is 1.59. The highest BCUT2D eigenvalue weighted by Crippen LogP contribution is 2.40. The Balaban J connectivity index is 1.24. The fraction of sp³-hybridized carbons (Fsp3) is 0. The maximum absolute atomic E-state index is 2.35. The van der Waals surface area contributed by atoms with Gasteiger partial charge >= 0.3 is 0 Å². The first-order valence-electron chi connectivity index (χ1n) is 13.9. The first-order valence-corrected chi connectivity index (χ1v) is 13.9. The first-order chi connectivity index (χ1) is 19.8. The highest BCUT2D eigenvalue weighted by atomic mass is 14.2. The standard InChI is InChI=1S/C40H26/c1-2-10-31-25-34(21-18-27(31)8-1)33-13-7-12-32(24-33)28-16-19-30(20-17-28)40-37-15-6-4-11-35(37)26-39-36-14-5-3-9-29(36)22-23-38(39)40/h1-26H. The molecule has 8 aromatic carbocycles. The lowest BCUT2D eigenvalue weighted by Crippen LogP contribution is -1.88. The summed E-state index contributed by atoms with van der Waals surface area (Å²) < 4.78 is 0. The van der Waals surface area contributed by atoms with Crippen molar-refractivity contribution >= 4 is 43.1 Å². The van der Waals surface area contributed by atoms with Crippen LogP contribution in [0.25, 0.3) is 76.5 Å². The molecule has 0 heteroatoms. The van der Waals surface area contributed by atoms with Crippen molar-refractivity contribution in [2.24, 2.45) is 0 Å². The van der Waals surface area contributed by atoms with Gasteiger partial charge in [0.25, 0.3) is 0 Å². The lowest BCUT2D eigenvalue weighted by Gasteiger charge is -2.14. The molecule has 0 saturated heterocycles. The molecule has 0 aliphatic carbocycles. The molecule has 0 bridgehead atoms. The number of fused-ring (bicyclic) bond motifs is 5. The predicted molar refractivity (Wildman–Crippen MR) is 173 cm³/mol. The van der Waals surface area contributed by atoms with Crippen LogP contribution in [0.15, 0.2) is 158 Å². The molecule has 0 aliphatic heterocycles. The average Bonchev–Trinajstić information content (AvgIpc) is 3.03. The fourth-order valence-electron chi connectivity index (χ4n) is 6.21. The Morgan fingerprint density at radius 3 is 1.62 bits per heavy atom. The normalized spacial score (nSPS) is 11.5. The van der Waals surface area contributed by atoms with Crippen molar-refractivity contribution in [3.8, 4) is 33.4 Å².